The zero-order valence-corrected chi connectivity index (χ0v) is 10.3. The summed E-state index contributed by atoms with van der Waals surface area (Å²) in [5.41, 5.74) is 0. The van der Waals surface area contributed by atoms with Crippen LogP contribution in [0.5, 0.6) is 11.6 Å². The van der Waals surface area contributed by atoms with Crippen molar-refractivity contribution in [2.75, 3.05) is 0 Å². The molecule has 1 aromatic heterocycles. The molecule has 0 N–H and O–H groups in total. The largest absolute Gasteiger partial charge is 0.439 e. The van der Waals surface area contributed by atoms with Gasteiger partial charge in [0.05, 0.1) is 5.02 Å². The van der Waals surface area contributed by atoms with Crippen molar-refractivity contribution >= 4 is 27.5 Å². The van der Waals surface area contributed by atoms with Gasteiger partial charge in [0.15, 0.2) is 0 Å². The molecule has 16 heavy (non-hydrogen) atoms. The maximum atomic E-state index is 12.9. The molecule has 0 amide bonds. The number of rotatable bonds is 2. The van der Waals surface area contributed by atoms with Gasteiger partial charge in [-0.25, -0.2) is 9.37 Å². The van der Waals surface area contributed by atoms with Crippen LogP contribution in [0.4, 0.5) is 4.39 Å². The van der Waals surface area contributed by atoms with E-state index < -0.39 is 5.82 Å². The summed E-state index contributed by atoms with van der Waals surface area (Å²) in [4.78, 5) is 4.08. The van der Waals surface area contributed by atoms with Crippen LogP contribution in [0.1, 0.15) is 0 Å². The third-order valence-electron chi connectivity index (χ3n) is 1.80. The molecule has 0 aliphatic carbocycles. The van der Waals surface area contributed by atoms with Crippen molar-refractivity contribution in [1.29, 1.82) is 0 Å². The molecule has 0 unspecified atom stereocenters. The van der Waals surface area contributed by atoms with Crippen LogP contribution < -0.4 is 4.74 Å². The smallest absolute Gasteiger partial charge is 0.220 e. The summed E-state index contributed by atoms with van der Waals surface area (Å²) in [6.07, 6.45) is 0. The molecule has 0 spiro atoms. The van der Waals surface area contributed by atoms with Crippen LogP contribution in [0.2, 0.25) is 5.02 Å². The van der Waals surface area contributed by atoms with Gasteiger partial charge in [-0.15, -0.1) is 0 Å². The van der Waals surface area contributed by atoms with Crippen LogP contribution in [0, 0.1) is 5.82 Å². The molecule has 0 aliphatic rings. The number of pyridine rings is 1. The summed E-state index contributed by atoms with van der Waals surface area (Å²) < 4.78 is 19.0. The summed E-state index contributed by atoms with van der Waals surface area (Å²) in [7, 11) is 0. The Labute approximate surface area is 105 Å². The monoisotopic (exact) mass is 301 g/mol. The SMILES string of the molecule is Fc1ccc(Oc2cccc(Br)n2)cc1Cl. The third kappa shape index (κ3) is 2.71. The van der Waals surface area contributed by atoms with Crippen LogP contribution in [0.25, 0.3) is 0 Å². The van der Waals surface area contributed by atoms with Crippen LogP contribution >= 0.6 is 27.5 Å². The predicted octanol–water partition coefficient (Wildman–Crippen LogP) is 4.43. The molecule has 0 aliphatic heterocycles. The van der Waals surface area contributed by atoms with Crippen LogP contribution in [-0.4, -0.2) is 4.98 Å². The number of hydrogen-bond acceptors (Lipinski definition) is 2. The van der Waals surface area contributed by atoms with Crippen molar-refractivity contribution in [3.05, 3.63) is 51.8 Å². The fourth-order valence-corrected chi connectivity index (χ4v) is 1.61. The molecule has 0 saturated carbocycles. The molecule has 5 heteroatoms. The highest BCUT2D eigenvalue weighted by molar-refractivity contribution is 9.10. The number of hydrogen-bond donors (Lipinski definition) is 0. The maximum absolute atomic E-state index is 12.9. The molecule has 2 aromatic rings. The first-order valence-electron chi connectivity index (χ1n) is 4.40. The van der Waals surface area contributed by atoms with Gasteiger partial charge in [-0.3, -0.25) is 0 Å². The number of ether oxygens (including phenoxy) is 1. The van der Waals surface area contributed by atoms with Crippen molar-refractivity contribution in [2.24, 2.45) is 0 Å². The Morgan fingerprint density at radius 3 is 2.75 bits per heavy atom. The topological polar surface area (TPSA) is 22.1 Å². The lowest BCUT2D eigenvalue weighted by Gasteiger charge is -2.05. The Hall–Kier alpha value is -1.13. The summed E-state index contributed by atoms with van der Waals surface area (Å²) >= 11 is 8.85. The fourth-order valence-electron chi connectivity index (χ4n) is 1.11. The van der Waals surface area contributed by atoms with E-state index in [4.69, 9.17) is 16.3 Å². The molecule has 0 radical (unpaired) electrons. The molecule has 1 heterocycles. The van der Waals surface area contributed by atoms with E-state index >= 15 is 0 Å². The first kappa shape index (κ1) is 11.4. The van der Waals surface area contributed by atoms with Gasteiger partial charge in [0.2, 0.25) is 5.88 Å². The van der Waals surface area contributed by atoms with Crippen molar-refractivity contribution in [1.82, 2.24) is 4.98 Å². The van der Waals surface area contributed by atoms with Crippen molar-refractivity contribution in [3.8, 4) is 11.6 Å². The quantitative estimate of drug-likeness (QED) is 0.766. The Bertz CT molecular complexity index is 521. The van der Waals surface area contributed by atoms with Crippen molar-refractivity contribution in [2.45, 2.75) is 0 Å². The van der Waals surface area contributed by atoms with Gasteiger partial charge in [-0.1, -0.05) is 17.7 Å². The highest BCUT2D eigenvalue weighted by Gasteiger charge is 2.03. The van der Waals surface area contributed by atoms with Gasteiger partial charge in [0.25, 0.3) is 0 Å². The van der Waals surface area contributed by atoms with Gasteiger partial charge >= 0.3 is 0 Å². The summed E-state index contributed by atoms with van der Waals surface area (Å²) in [5.74, 6) is 0.380. The van der Waals surface area contributed by atoms with Gasteiger partial charge in [0.1, 0.15) is 16.2 Å². The Kier molecular flexibility index (Phi) is 3.41. The standard InChI is InChI=1S/C11H6BrClFNO/c12-10-2-1-3-11(15-10)16-7-4-5-9(14)8(13)6-7/h1-6H. The lowest BCUT2D eigenvalue weighted by Crippen LogP contribution is -1.88. The van der Waals surface area contributed by atoms with Crippen LogP contribution in [0.15, 0.2) is 41.0 Å². The highest BCUT2D eigenvalue weighted by atomic mass is 79.9. The number of aromatic nitrogens is 1. The maximum Gasteiger partial charge on any atom is 0.220 e. The number of halogens is 3. The van der Waals surface area contributed by atoms with Gasteiger partial charge < -0.3 is 4.74 Å². The molecular weight excluding hydrogens is 296 g/mol. The molecule has 0 bridgehead atoms. The van der Waals surface area contributed by atoms with E-state index in [2.05, 4.69) is 20.9 Å². The van der Waals surface area contributed by atoms with E-state index in [0.717, 1.165) is 0 Å². The first-order valence-corrected chi connectivity index (χ1v) is 5.58. The molecule has 0 fully saturated rings. The normalized spacial score (nSPS) is 10.2. The Balaban J connectivity index is 2.24. The average Bonchev–Trinajstić information content (AvgIpc) is 2.24. The Morgan fingerprint density at radius 2 is 2.06 bits per heavy atom. The summed E-state index contributed by atoms with van der Waals surface area (Å²) in [6.45, 7) is 0. The second-order valence-corrected chi connectivity index (χ2v) is 4.20. The van der Waals surface area contributed by atoms with Crippen LogP contribution in [0.3, 0.4) is 0 Å². The zero-order valence-electron chi connectivity index (χ0n) is 7.95. The number of nitrogens with zero attached hydrogens (tertiary/aromatic N) is 1. The molecule has 2 nitrogen and oxygen atoms in total. The van der Waals surface area contributed by atoms with Crippen molar-refractivity contribution in [3.63, 3.8) is 0 Å². The highest BCUT2D eigenvalue weighted by Crippen LogP contribution is 2.25. The molecule has 0 saturated heterocycles. The van der Waals surface area contributed by atoms with E-state index in [0.29, 0.717) is 16.2 Å². The van der Waals surface area contributed by atoms with Gasteiger partial charge in [-0.05, 0) is 34.1 Å². The van der Waals surface area contributed by atoms with E-state index in [9.17, 15) is 4.39 Å². The zero-order chi connectivity index (χ0) is 11.5. The molecule has 1 aromatic carbocycles. The van der Waals surface area contributed by atoms with Gasteiger partial charge in [-0.2, -0.15) is 0 Å². The van der Waals surface area contributed by atoms with E-state index in [1.807, 2.05) is 0 Å². The van der Waals surface area contributed by atoms with E-state index in [-0.39, 0.29) is 5.02 Å². The van der Waals surface area contributed by atoms with Crippen molar-refractivity contribution < 1.29 is 9.13 Å². The van der Waals surface area contributed by atoms with E-state index in [1.165, 1.54) is 18.2 Å². The lowest BCUT2D eigenvalue weighted by atomic mass is 10.3. The van der Waals surface area contributed by atoms with Gasteiger partial charge in [0, 0.05) is 12.1 Å². The minimum absolute atomic E-state index is 0.0208. The molecule has 2 rings (SSSR count). The fraction of sp³-hybridized carbons (Fsp3) is 0. The summed E-state index contributed by atoms with van der Waals surface area (Å²) in [6, 6.07) is 9.41. The molecular formula is C11H6BrClFNO. The minimum Gasteiger partial charge on any atom is -0.439 e. The Morgan fingerprint density at radius 1 is 1.25 bits per heavy atom. The average molecular weight is 303 g/mol. The van der Waals surface area contributed by atoms with Crippen LogP contribution in [-0.2, 0) is 0 Å². The first-order chi connectivity index (χ1) is 7.65. The predicted molar refractivity (Wildman–Crippen MR) is 63.4 cm³/mol. The third-order valence-corrected chi connectivity index (χ3v) is 2.53. The number of benzene rings is 1. The van der Waals surface area contributed by atoms with E-state index in [1.54, 1.807) is 18.2 Å². The molecule has 82 valence electrons. The second kappa shape index (κ2) is 4.80. The minimum atomic E-state index is -0.476. The summed E-state index contributed by atoms with van der Waals surface area (Å²) in [5, 5.41) is 0.0208. The second-order valence-electron chi connectivity index (χ2n) is 2.98. The lowest BCUT2D eigenvalue weighted by molar-refractivity contribution is 0.460. The molecule has 0 atom stereocenters.